The van der Waals surface area contributed by atoms with Crippen LogP contribution in [0.3, 0.4) is 0 Å². The van der Waals surface area contributed by atoms with E-state index in [1.165, 1.54) is 12.1 Å². The van der Waals surface area contributed by atoms with Crippen LogP contribution in [-0.4, -0.2) is 42.0 Å². The van der Waals surface area contributed by atoms with Gasteiger partial charge in [0, 0.05) is 44.1 Å². The van der Waals surface area contributed by atoms with E-state index in [-0.39, 0.29) is 11.7 Å². The Morgan fingerprint density at radius 3 is 2.71 bits per heavy atom. The van der Waals surface area contributed by atoms with Gasteiger partial charge in [0.2, 0.25) is 0 Å². The van der Waals surface area contributed by atoms with Gasteiger partial charge in [-0.15, -0.1) is 0 Å². The number of halogens is 1. The molecule has 108 valence electrons. The second kappa shape index (κ2) is 6.01. The Hall–Kier alpha value is -2.27. The van der Waals surface area contributed by atoms with Gasteiger partial charge in [0.1, 0.15) is 5.82 Å². The van der Waals surface area contributed by atoms with Crippen LogP contribution in [0.2, 0.25) is 0 Å². The maximum Gasteiger partial charge on any atom is 0.255 e. The van der Waals surface area contributed by atoms with Crippen LogP contribution >= 0.6 is 0 Å². The molecule has 0 aliphatic carbocycles. The molecule has 4 nitrogen and oxygen atoms in total. The van der Waals surface area contributed by atoms with Crippen molar-refractivity contribution in [3.8, 4) is 11.1 Å². The first-order valence-electron chi connectivity index (χ1n) is 6.95. The average Bonchev–Trinajstić information content (AvgIpc) is 2.55. The molecule has 21 heavy (non-hydrogen) atoms. The maximum atomic E-state index is 13.3. The minimum absolute atomic E-state index is 0.0257. The third-order valence-corrected chi connectivity index (χ3v) is 3.55. The summed E-state index contributed by atoms with van der Waals surface area (Å²) in [5.74, 6) is -0.325. The first-order valence-corrected chi connectivity index (χ1v) is 6.95. The first kappa shape index (κ1) is 13.7. The number of piperazine rings is 1. The number of pyridine rings is 1. The lowest BCUT2D eigenvalue weighted by Gasteiger charge is -2.27. The van der Waals surface area contributed by atoms with Crippen molar-refractivity contribution in [2.24, 2.45) is 0 Å². The number of nitrogens with one attached hydrogen (secondary N) is 1. The Bertz CT molecular complexity index is 653. The first-order chi connectivity index (χ1) is 10.2. The van der Waals surface area contributed by atoms with E-state index in [1.54, 1.807) is 30.6 Å². The molecule has 5 heteroatoms. The van der Waals surface area contributed by atoms with Crippen molar-refractivity contribution in [2.45, 2.75) is 0 Å². The van der Waals surface area contributed by atoms with Crippen molar-refractivity contribution in [2.75, 3.05) is 26.2 Å². The van der Waals surface area contributed by atoms with Crippen molar-refractivity contribution in [3.63, 3.8) is 0 Å². The van der Waals surface area contributed by atoms with E-state index in [0.29, 0.717) is 18.7 Å². The highest BCUT2D eigenvalue weighted by Crippen LogP contribution is 2.20. The highest BCUT2D eigenvalue weighted by molar-refractivity contribution is 5.95. The zero-order valence-corrected chi connectivity index (χ0v) is 11.6. The van der Waals surface area contributed by atoms with E-state index in [2.05, 4.69) is 10.3 Å². The highest BCUT2D eigenvalue weighted by Gasteiger charge is 2.18. The van der Waals surface area contributed by atoms with Gasteiger partial charge >= 0.3 is 0 Å². The van der Waals surface area contributed by atoms with Gasteiger partial charge in [-0.1, -0.05) is 12.1 Å². The monoisotopic (exact) mass is 285 g/mol. The fourth-order valence-electron chi connectivity index (χ4n) is 2.43. The Labute approximate surface area is 122 Å². The molecule has 2 heterocycles. The molecule has 0 saturated carbocycles. The van der Waals surface area contributed by atoms with Crippen LogP contribution in [0.15, 0.2) is 42.7 Å². The summed E-state index contributed by atoms with van der Waals surface area (Å²) in [6.45, 7) is 3.01. The van der Waals surface area contributed by atoms with E-state index < -0.39 is 0 Å². The van der Waals surface area contributed by atoms with Crippen LogP contribution in [0.4, 0.5) is 4.39 Å². The number of amides is 1. The van der Waals surface area contributed by atoms with Gasteiger partial charge in [0.25, 0.3) is 5.91 Å². The second-order valence-electron chi connectivity index (χ2n) is 5.01. The molecule has 0 bridgehead atoms. The number of carbonyl (C=O) groups is 1. The number of hydrogen-bond acceptors (Lipinski definition) is 3. The van der Waals surface area contributed by atoms with Crippen molar-refractivity contribution in [1.29, 1.82) is 0 Å². The lowest BCUT2D eigenvalue weighted by molar-refractivity contribution is 0.0735. The fraction of sp³-hybridized carbons (Fsp3) is 0.250. The van der Waals surface area contributed by atoms with Crippen LogP contribution in [0.5, 0.6) is 0 Å². The third-order valence-electron chi connectivity index (χ3n) is 3.55. The molecule has 1 aromatic carbocycles. The summed E-state index contributed by atoms with van der Waals surface area (Å²) in [6, 6.07) is 8.06. The third kappa shape index (κ3) is 3.08. The second-order valence-corrected chi connectivity index (χ2v) is 5.01. The molecule has 3 rings (SSSR count). The summed E-state index contributed by atoms with van der Waals surface area (Å²) in [7, 11) is 0. The summed E-state index contributed by atoms with van der Waals surface area (Å²) >= 11 is 0. The summed E-state index contributed by atoms with van der Waals surface area (Å²) in [6.07, 6.45) is 3.20. The molecular formula is C16H16FN3O. The van der Waals surface area contributed by atoms with E-state index in [0.717, 1.165) is 24.2 Å². The van der Waals surface area contributed by atoms with E-state index >= 15 is 0 Å². The van der Waals surface area contributed by atoms with E-state index in [4.69, 9.17) is 0 Å². The number of hydrogen-bond donors (Lipinski definition) is 1. The molecule has 0 atom stereocenters. The molecule has 1 N–H and O–H groups in total. The Kier molecular flexibility index (Phi) is 3.92. The molecule has 1 saturated heterocycles. The molecule has 1 aromatic heterocycles. The Morgan fingerprint density at radius 2 is 1.95 bits per heavy atom. The lowest BCUT2D eigenvalue weighted by Crippen LogP contribution is -2.46. The number of carbonyl (C=O) groups excluding carboxylic acids is 1. The molecule has 1 aliphatic rings. The van der Waals surface area contributed by atoms with Gasteiger partial charge in [-0.25, -0.2) is 4.39 Å². The Balaban J connectivity index is 1.87. The van der Waals surface area contributed by atoms with Crippen molar-refractivity contribution < 1.29 is 9.18 Å². The van der Waals surface area contributed by atoms with Crippen LogP contribution < -0.4 is 5.32 Å². The van der Waals surface area contributed by atoms with Crippen molar-refractivity contribution in [3.05, 3.63) is 54.1 Å². The minimum Gasteiger partial charge on any atom is -0.336 e. The zero-order chi connectivity index (χ0) is 14.7. The molecule has 0 unspecified atom stereocenters. The zero-order valence-electron chi connectivity index (χ0n) is 11.6. The van der Waals surface area contributed by atoms with Gasteiger partial charge in [-0.3, -0.25) is 9.78 Å². The molecule has 1 amide bonds. The maximum absolute atomic E-state index is 13.3. The van der Waals surface area contributed by atoms with Crippen molar-refractivity contribution in [1.82, 2.24) is 15.2 Å². The van der Waals surface area contributed by atoms with Crippen LogP contribution in [-0.2, 0) is 0 Å². The molecular weight excluding hydrogens is 269 g/mol. The SMILES string of the molecule is O=C(c1cncc(-c2cccc(F)c2)c1)N1CCNCC1. The molecule has 1 fully saturated rings. The quantitative estimate of drug-likeness (QED) is 0.917. The molecule has 1 aliphatic heterocycles. The summed E-state index contributed by atoms with van der Waals surface area (Å²) in [5, 5.41) is 3.21. The molecule has 0 radical (unpaired) electrons. The highest BCUT2D eigenvalue weighted by atomic mass is 19.1. The topological polar surface area (TPSA) is 45.2 Å². The predicted molar refractivity (Wildman–Crippen MR) is 78.4 cm³/mol. The van der Waals surface area contributed by atoms with Gasteiger partial charge in [0.15, 0.2) is 0 Å². The van der Waals surface area contributed by atoms with Crippen LogP contribution in [0.25, 0.3) is 11.1 Å². The largest absolute Gasteiger partial charge is 0.336 e. The standard InChI is InChI=1S/C16H16FN3O/c17-15-3-1-2-12(9-15)13-8-14(11-19-10-13)16(21)20-6-4-18-5-7-20/h1-3,8-11,18H,4-7H2. The summed E-state index contributed by atoms with van der Waals surface area (Å²) in [5.41, 5.74) is 2.01. The number of rotatable bonds is 2. The number of aromatic nitrogens is 1. The summed E-state index contributed by atoms with van der Waals surface area (Å²) in [4.78, 5) is 18.4. The van der Waals surface area contributed by atoms with Crippen LogP contribution in [0.1, 0.15) is 10.4 Å². The summed E-state index contributed by atoms with van der Waals surface area (Å²) < 4.78 is 13.3. The lowest BCUT2D eigenvalue weighted by atomic mass is 10.1. The minimum atomic E-state index is -0.300. The number of nitrogens with zero attached hydrogens (tertiary/aromatic N) is 2. The predicted octanol–water partition coefficient (Wildman–Crippen LogP) is 1.93. The Morgan fingerprint density at radius 1 is 1.14 bits per heavy atom. The normalized spacial score (nSPS) is 15.0. The van der Waals surface area contributed by atoms with Gasteiger partial charge in [-0.2, -0.15) is 0 Å². The van der Waals surface area contributed by atoms with Gasteiger partial charge < -0.3 is 10.2 Å². The van der Waals surface area contributed by atoms with E-state index in [9.17, 15) is 9.18 Å². The van der Waals surface area contributed by atoms with E-state index in [1.807, 2.05) is 4.90 Å². The van der Waals surface area contributed by atoms with Gasteiger partial charge in [-0.05, 0) is 23.8 Å². The van der Waals surface area contributed by atoms with Crippen LogP contribution in [0, 0.1) is 5.82 Å². The fourth-order valence-corrected chi connectivity index (χ4v) is 2.43. The molecule has 2 aromatic rings. The smallest absolute Gasteiger partial charge is 0.255 e. The molecule has 0 spiro atoms. The average molecular weight is 285 g/mol. The van der Waals surface area contributed by atoms with Gasteiger partial charge in [0.05, 0.1) is 5.56 Å². The number of benzene rings is 1. The van der Waals surface area contributed by atoms with Crippen molar-refractivity contribution >= 4 is 5.91 Å².